The van der Waals surface area contributed by atoms with E-state index >= 15 is 0 Å². The standard InChI is InChI=1S/C13H10FNO2/c1-17-13-6-11(12(14)7-15-13)10-4-2-9(8-16)3-5-10/h2-8H,1H3. The number of halogens is 1. The van der Waals surface area contributed by atoms with Crippen molar-refractivity contribution in [3.05, 3.63) is 47.9 Å². The molecule has 1 aromatic carbocycles. The summed E-state index contributed by atoms with van der Waals surface area (Å²) < 4.78 is 18.5. The van der Waals surface area contributed by atoms with Gasteiger partial charge in [-0.05, 0) is 5.56 Å². The average molecular weight is 231 g/mol. The predicted molar refractivity (Wildman–Crippen MR) is 61.6 cm³/mol. The minimum absolute atomic E-state index is 0.348. The fourth-order valence-corrected chi connectivity index (χ4v) is 1.49. The molecule has 0 bridgehead atoms. The Labute approximate surface area is 97.9 Å². The molecule has 0 saturated carbocycles. The second kappa shape index (κ2) is 4.74. The van der Waals surface area contributed by atoms with Crippen LogP contribution in [0.25, 0.3) is 11.1 Å². The van der Waals surface area contributed by atoms with Gasteiger partial charge in [0.05, 0.1) is 13.3 Å². The summed E-state index contributed by atoms with van der Waals surface area (Å²) in [5, 5.41) is 0. The molecule has 0 fully saturated rings. The van der Waals surface area contributed by atoms with E-state index in [4.69, 9.17) is 4.74 Å². The molecule has 0 saturated heterocycles. The lowest BCUT2D eigenvalue weighted by molar-refractivity contribution is 0.112. The Balaban J connectivity index is 2.47. The summed E-state index contributed by atoms with van der Waals surface area (Å²) in [5.41, 5.74) is 1.62. The molecule has 1 heterocycles. The van der Waals surface area contributed by atoms with E-state index in [0.717, 1.165) is 12.5 Å². The fourth-order valence-electron chi connectivity index (χ4n) is 1.49. The minimum Gasteiger partial charge on any atom is -0.481 e. The Kier molecular flexibility index (Phi) is 3.14. The van der Waals surface area contributed by atoms with Crippen LogP contribution >= 0.6 is 0 Å². The molecule has 0 radical (unpaired) electrons. The zero-order valence-corrected chi connectivity index (χ0v) is 9.18. The van der Waals surface area contributed by atoms with Crippen LogP contribution in [-0.4, -0.2) is 18.4 Å². The molecule has 17 heavy (non-hydrogen) atoms. The number of pyridine rings is 1. The molecule has 2 aromatic rings. The number of hydrogen-bond donors (Lipinski definition) is 0. The lowest BCUT2D eigenvalue weighted by Crippen LogP contribution is -1.92. The zero-order valence-electron chi connectivity index (χ0n) is 9.18. The number of rotatable bonds is 3. The normalized spacial score (nSPS) is 10.0. The van der Waals surface area contributed by atoms with Crippen LogP contribution in [0.3, 0.4) is 0 Å². The first kappa shape index (κ1) is 11.3. The van der Waals surface area contributed by atoms with E-state index in [0.29, 0.717) is 22.6 Å². The summed E-state index contributed by atoms with van der Waals surface area (Å²) in [6.45, 7) is 0. The van der Waals surface area contributed by atoms with Gasteiger partial charge >= 0.3 is 0 Å². The maximum atomic E-state index is 13.6. The third kappa shape index (κ3) is 2.30. The van der Waals surface area contributed by atoms with Gasteiger partial charge in [-0.25, -0.2) is 9.37 Å². The fraction of sp³-hybridized carbons (Fsp3) is 0.0769. The highest BCUT2D eigenvalue weighted by Gasteiger charge is 2.07. The summed E-state index contributed by atoms with van der Waals surface area (Å²) in [7, 11) is 1.47. The predicted octanol–water partition coefficient (Wildman–Crippen LogP) is 2.71. The van der Waals surface area contributed by atoms with Crippen molar-refractivity contribution in [2.24, 2.45) is 0 Å². The van der Waals surface area contributed by atoms with Gasteiger partial charge in [-0.15, -0.1) is 0 Å². The molecule has 0 spiro atoms. The Morgan fingerprint density at radius 3 is 2.59 bits per heavy atom. The highest BCUT2D eigenvalue weighted by Crippen LogP contribution is 2.25. The number of carbonyl (C=O) groups is 1. The van der Waals surface area contributed by atoms with Gasteiger partial charge in [0.1, 0.15) is 12.1 Å². The molecule has 4 heteroatoms. The first-order valence-corrected chi connectivity index (χ1v) is 4.99. The molecule has 0 aliphatic heterocycles. The Bertz CT molecular complexity index is 538. The summed E-state index contributed by atoms with van der Waals surface area (Å²) in [4.78, 5) is 14.3. The van der Waals surface area contributed by atoms with E-state index in [1.807, 2.05) is 0 Å². The quantitative estimate of drug-likeness (QED) is 0.762. The summed E-state index contributed by atoms with van der Waals surface area (Å²) in [6, 6.07) is 8.15. The van der Waals surface area contributed by atoms with E-state index in [2.05, 4.69) is 4.98 Å². The summed E-state index contributed by atoms with van der Waals surface area (Å²) >= 11 is 0. The Morgan fingerprint density at radius 2 is 2.00 bits per heavy atom. The molecule has 0 N–H and O–H groups in total. The van der Waals surface area contributed by atoms with Crippen LogP contribution in [0, 0.1) is 5.82 Å². The van der Waals surface area contributed by atoms with Crippen molar-refractivity contribution in [2.45, 2.75) is 0 Å². The number of benzene rings is 1. The van der Waals surface area contributed by atoms with Crippen LogP contribution in [0.4, 0.5) is 4.39 Å². The van der Waals surface area contributed by atoms with E-state index in [-0.39, 0.29) is 0 Å². The second-order valence-electron chi connectivity index (χ2n) is 3.45. The third-order valence-corrected chi connectivity index (χ3v) is 2.40. The van der Waals surface area contributed by atoms with Gasteiger partial charge in [0.25, 0.3) is 0 Å². The van der Waals surface area contributed by atoms with Crippen molar-refractivity contribution in [2.75, 3.05) is 7.11 Å². The van der Waals surface area contributed by atoms with Crippen molar-refractivity contribution in [3.63, 3.8) is 0 Å². The molecule has 0 atom stereocenters. The number of aldehydes is 1. The maximum Gasteiger partial charge on any atom is 0.213 e. The van der Waals surface area contributed by atoms with E-state index < -0.39 is 5.82 Å². The number of methoxy groups -OCH3 is 1. The first-order chi connectivity index (χ1) is 8.24. The minimum atomic E-state index is -0.426. The van der Waals surface area contributed by atoms with Crippen LogP contribution in [-0.2, 0) is 0 Å². The summed E-state index contributed by atoms with van der Waals surface area (Å²) in [6.07, 6.45) is 1.86. The SMILES string of the molecule is COc1cc(-c2ccc(C=O)cc2)c(F)cn1. The number of nitrogens with zero attached hydrogens (tertiary/aromatic N) is 1. The Morgan fingerprint density at radius 1 is 1.29 bits per heavy atom. The molecule has 1 aromatic heterocycles. The number of carbonyl (C=O) groups excluding carboxylic acids is 1. The number of aromatic nitrogens is 1. The largest absolute Gasteiger partial charge is 0.481 e. The van der Waals surface area contributed by atoms with Gasteiger partial charge in [0.15, 0.2) is 0 Å². The molecular formula is C13H10FNO2. The van der Waals surface area contributed by atoms with Crippen molar-refractivity contribution in [1.82, 2.24) is 4.98 Å². The van der Waals surface area contributed by atoms with Gasteiger partial charge in [0.2, 0.25) is 5.88 Å². The third-order valence-electron chi connectivity index (χ3n) is 2.40. The lowest BCUT2D eigenvalue weighted by Gasteiger charge is -2.05. The molecule has 2 rings (SSSR count). The molecule has 0 unspecified atom stereocenters. The number of hydrogen-bond acceptors (Lipinski definition) is 3. The van der Waals surface area contributed by atoms with E-state index in [9.17, 15) is 9.18 Å². The smallest absolute Gasteiger partial charge is 0.213 e. The van der Waals surface area contributed by atoms with E-state index in [1.165, 1.54) is 13.2 Å². The molecule has 0 aliphatic carbocycles. The lowest BCUT2D eigenvalue weighted by atomic mass is 10.1. The molecule has 0 amide bonds. The Hall–Kier alpha value is -2.23. The van der Waals surface area contributed by atoms with Crippen LogP contribution < -0.4 is 4.74 Å². The number of ether oxygens (including phenoxy) is 1. The van der Waals surface area contributed by atoms with Gasteiger partial charge in [-0.3, -0.25) is 4.79 Å². The first-order valence-electron chi connectivity index (χ1n) is 4.99. The van der Waals surface area contributed by atoms with Gasteiger partial charge < -0.3 is 4.74 Å². The van der Waals surface area contributed by atoms with Crippen molar-refractivity contribution < 1.29 is 13.9 Å². The van der Waals surface area contributed by atoms with Crippen molar-refractivity contribution in [1.29, 1.82) is 0 Å². The molecule has 3 nitrogen and oxygen atoms in total. The molecule has 86 valence electrons. The topological polar surface area (TPSA) is 39.2 Å². The van der Waals surface area contributed by atoms with Crippen molar-refractivity contribution in [3.8, 4) is 17.0 Å². The van der Waals surface area contributed by atoms with Crippen LogP contribution in [0.5, 0.6) is 5.88 Å². The van der Waals surface area contributed by atoms with Gasteiger partial charge in [-0.1, -0.05) is 24.3 Å². The van der Waals surface area contributed by atoms with Crippen LogP contribution in [0.15, 0.2) is 36.5 Å². The van der Waals surface area contributed by atoms with Crippen LogP contribution in [0.2, 0.25) is 0 Å². The monoisotopic (exact) mass is 231 g/mol. The zero-order chi connectivity index (χ0) is 12.3. The maximum absolute atomic E-state index is 13.6. The van der Waals surface area contributed by atoms with E-state index in [1.54, 1.807) is 24.3 Å². The highest BCUT2D eigenvalue weighted by atomic mass is 19.1. The van der Waals surface area contributed by atoms with Gasteiger partial charge in [0, 0.05) is 17.2 Å². The average Bonchev–Trinajstić information content (AvgIpc) is 2.39. The molecular weight excluding hydrogens is 221 g/mol. The second-order valence-corrected chi connectivity index (χ2v) is 3.45. The van der Waals surface area contributed by atoms with Crippen LogP contribution in [0.1, 0.15) is 10.4 Å². The highest BCUT2D eigenvalue weighted by molar-refractivity contribution is 5.77. The molecule has 0 aliphatic rings. The summed E-state index contributed by atoms with van der Waals surface area (Å²) in [5.74, 6) is -0.0782. The van der Waals surface area contributed by atoms with Gasteiger partial charge in [-0.2, -0.15) is 0 Å². The van der Waals surface area contributed by atoms with Crippen molar-refractivity contribution >= 4 is 6.29 Å².